The van der Waals surface area contributed by atoms with Crippen molar-refractivity contribution in [2.45, 2.75) is 31.8 Å². The Bertz CT molecular complexity index is 1100. The van der Waals surface area contributed by atoms with E-state index in [2.05, 4.69) is 10.6 Å². The van der Waals surface area contributed by atoms with Crippen LogP contribution in [0.15, 0.2) is 36.4 Å². The minimum atomic E-state index is -0.722. The van der Waals surface area contributed by atoms with Gasteiger partial charge in [-0.15, -0.1) is 0 Å². The van der Waals surface area contributed by atoms with Crippen molar-refractivity contribution in [1.82, 2.24) is 15.5 Å². The molecule has 1 fully saturated rings. The number of carbonyl (C=O) groups excluding carboxylic acids is 4. The lowest BCUT2D eigenvalue weighted by Gasteiger charge is -2.29. The number of nitrogens with one attached hydrogen (secondary N) is 2. The molecule has 0 saturated carbocycles. The van der Waals surface area contributed by atoms with Crippen molar-refractivity contribution in [3.63, 3.8) is 0 Å². The van der Waals surface area contributed by atoms with Gasteiger partial charge in [0.25, 0.3) is 11.8 Å². The van der Waals surface area contributed by atoms with Crippen LogP contribution in [0, 0.1) is 11.6 Å². The fourth-order valence-electron chi connectivity index (χ4n) is 3.83. The lowest BCUT2D eigenvalue weighted by molar-refractivity contribution is -0.136. The van der Waals surface area contributed by atoms with Gasteiger partial charge in [0.1, 0.15) is 17.7 Å². The molecule has 1 atom stereocenters. The third-order valence-electron chi connectivity index (χ3n) is 5.49. The molecule has 2 aromatic rings. The van der Waals surface area contributed by atoms with Gasteiger partial charge in [-0.25, -0.2) is 8.78 Å². The summed E-state index contributed by atoms with van der Waals surface area (Å²) in [7, 11) is 0. The highest BCUT2D eigenvalue weighted by Gasteiger charge is 2.39. The Labute approximate surface area is 176 Å². The number of hydrogen-bond donors (Lipinski definition) is 2. The first-order valence-electron chi connectivity index (χ1n) is 9.83. The highest BCUT2D eigenvalue weighted by molar-refractivity contribution is 6.06. The molecule has 2 N–H and O–H groups in total. The lowest BCUT2D eigenvalue weighted by Crippen LogP contribution is -2.52. The first kappa shape index (κ1) is 20.6. The second kappa shape index (κ2) is 8.25. The molecule has 0 radical (unpaired) electrons. The zero-order valence-electron chi connectivity index (χ0n) is 16.4. The van der Waals surface area contributed by atoms with Crippen LogP contribution in [0.4, 0.5) is 8.78 Å². The van der Waals surface area contributed by atoms with Crippen LogP contribution in [0.25, 0.3) is 0 Å². The van der Waals surface area contributed by atoms with E-state index in [1.165, 1.54) is 17.0 Å². The van der Waals surface area contributed by atoms with Crippen molar-refractivity contribution in [2.75, 3.05) is 6.54 Å². The maximum Gasteiger partial charge on any atom is 0.255 e. The molecule has 2 aliphatic heterocycles. The van der Waals surface area contributed by atoms with E-state index in [9.17, 15) is 28.0 Å². The van der Waals surface area contributed by atoms with Crippen LogP contribution in [0.1, 0.15) is 44.7 Å². The Morgan fingerprint density at radius 1 is 1.13 bits per heavy atom. The second-order valence-electron chi connectivity index (χ2n) is 7.51. The van der Waals surface area contributed by atoms with Crippen LogP contribution in [0.2, 0.25) is 0 Å². The molecular formula is C22H19F2N3O4. The molecule has 0 spiro atoms. The van der Waals surface area contributed by atoms with Crippen LogP contribution in [0.3, 0.4) is 0 Å². The summed E-state index contributed by atoms with van der Waals surface area (Å²) in [5, 5.41) is 4.90. The number of piperidine rings is 1. The van der Waals surface area contributed by atoms with Crippen LogP contribution in [0.5, 0.6) is 0 Å². The maximum absolute atomic E-state index is 13.7. The maximum atomic E-state index is 13.7. The second-order valence-corrected chi connectivity index (χ2v) is 7.51. The third-order valence-corrected chi connectivity index (χ3v) is 5.49. The number of carbonyl (C=O) groups is 4. The smallest absolute Gasteiger partial charge is 0.255 e. The number of amides is 4. The molecule has 0 aliphatic carbocycles. The number of halogens is 2. The molecule has 7 nitrogen and oxygen atoms in total. The number of benzene rings is 2. The van der Waals surface area contributed by atoms with Crippen molar-refractivity contribution in [1.29, 1.82) is 0 Å². The molecule has 2 aliphatic rings. The largest absolute Gasteiger partial charge is 0.352 e. The van der Waals surface area contributed by atoms with Crippen LogP contribution >= 0.6 is 0 Å². The molecule has 1 saturated heterocycles. The summed E-state index contributed by atoms with van der Waals surface area (Å²) in [6, 6.07) is 7.26. The summed E-state index contributed by atoms with van der Waals surface area (Å²) < 4.78 is 26.7. The highest BCUT2D eigenvalue weighted by atomic mass is 19.1. The van der Waals surface area contributed by atoms with Crippen LogP contribution in [-0.2, 0) is 22.6 Å². The van der Waals surface area contributed by atoms with E-state index in [0.29, 0.717) is 11.1 Å². The number of fused-ring (bicyclic) bond motifs is 1. The monoisotopic (exact) mass is 427 g/mol. The van der Waals surface area contributed by atoms with E-state index in [4.69, 9.17) is 0 Å². The van der Waals surface area contributed by atoms with Gasteiger partial charge >= 0.3 is 0 Å². The topological polar surface area (TPSA) is 95.6 Å². The summed E-state index contributed by atoms with van der Waals surface area (Å²) in [6.45, 7) is 0.362. The van der Waals surface area contributed by atoms with Crippen molar-refractivity contribution in [3.05, 3.63) is 70.3 Å². The molecule has 160 valence electrons. The molecule has 2 aromatic carbocycles. The Balaban J connectivity index is 1.40. The molecular weight excluding hydrogens is 408 g/mol. The molecule has 2 heterocycles. The van der Waals surface area contributed by atoms with E-state index in [1.54, 1.807) is 12.1 Å². The quantitative estimate of drug-likeness (QED) is 0.710. The Morgan fingerprint density at radius 3 is 2.68 bits per heavy atom. The Morgan fingerprint density at radius 2 is 1.94 bits per heavy atom. The molecule has 31 heavy (non-hydrogen) atoms. The van der Waals surface area contributed by atoms with Crippen molar-refractivity contribution < 1.29 is 28.0 Å². The molecule has 0 aromatic heterocycles. The predicted octanol–water partition coefficient (Wildman–Crippen LogP) is 1.70. The van der Waals surface area contributed by atoms with Crippen LogP contribution in [-0.4, -0.2) is 41.1 Å². The Kier molecular flexibility index (Phi) is 5.50. The van der Waals surface area contributed by atoms with Gasteiger partial charge < -0.3 is 10.2 Å². The van der Waals surface area contributed by atoms with Gasteiger partial charge in [0, 0.05) is 36.7 Å². The predicted molar refractivity (Wildman–Crippen MR) is 105 cm³/mol. The van der Waals surface area contributed by atoms with Gasteiger partial charge in [-0.3, -0.25) is 24.5 Å². The van der Waals surface area contributed by atoms with Crippen molar-refractivity contribution in [3.8, 4) is 0 Å². The third kappa shape index (κ3) is 4.16. The zero-order chi connectivity index (χ0) is 22.1. The molecule has 9 heteroatoms. The molecule has 0 bridgehead atoms. The SMILES string of the molecule is O=C1CCC(N2Cc3ccc(C(=O)NCCc4ccc(F)cc4F)cc3C2=O)C(=O)N1. The van der Waals surface area contributed by atoms with Gasteiger partial charge in [0.2, 0.25) is 11.8 Å². The fraction of sp³-hybridized carbons (Fsp3) is 0.273. The van der Waals surface area contributed by atoms with Gasteiger partial charge in [0.15, 0.2) is 0 Å². The summed E-state index contributed by atoms with van der Waals surface area (Å²) >= 11 is 0. The van der Waals surface area contributed by atoms with Gasteiger partial charge in [-0.2, -0.15) is 0 Å². The van der Waals surface area contributed by atoms with Gasteiger partial charge in [-0.05, 0) is 42.2 Å². The summed E-state index contributed by atoms with van der Waals surface area (Å²) in [5.41, 5.74) is 1.57. The Hall–Kier alpha value is -3.62. The first-order chi connectivity index (χ1) is 14.8. The lowest BCUT2D eigenvalue weighted by atomic mass is 10.0. The number of imide groups is 1. The highest BCUT2D eigenvalue weighted by Crippen LogP contribution is 2.28. The fourth-order valence-corrected chi connectivity index (χ4v) is 3.83. The summed E-state index contributed by atoms with van der Waals surface area (Å²) in [6.07, 6.45) is 0.613. The van der Waals surface area contributed by atoms with E-state index < -0.39 is 29.5 Å². The van der Waals surface area contributed by atoms with E-state index in [1.807, 2.05) is 0 Å². The number of nitrogens with zero attached hydrogens (tertiary/aromatic N) is 1. The molecule has 4 amide bonds. The van der Waals surface area contributed by atoms with Crippen molar-refractivity contribution in [2.24, 2.45) is 0 Å². The van der Waals surface area contributed by atoms with Gasteiger partial charge in [0.05, 0.1) is 0 Å². The van der Waals surface area contributed by atoms with E-state index >= 15 is 0 Å². The summed E-state index contributed by atoms with van der Waals surface area (Å²) in [4.78, 5) is 50.1. The minimum absolute atomic E-state index is 0.134. The van der Waals surface area contributed by atoms with E-state index in [0.717, 1.165) is 12.1 Å². The molecule has 4 rings (SSSR count). The van der Waals surface area contributed by atoms with Gasteiger partial charge in [-0.1, -0.05) is 12.1 Å². The number of hydrogen-bond acceptors (Lipinski definition) is 4. The summed E-state index contributed by atoms with van der Waals surface area (Å²) in [5.74, 6) is -3.00. The first-order valence-corrected chi connectivity index (χ1v) is 9.83. The number of rotatable bonds is 5. The normalized spacial score (nSPS) is 18.1. The average Bonchev–Trinajstić information content (AvgIpc) is 3.05. The zero-order valence-corrected chi connectivity index (χ0v) is 16.4. The van der Waals surface area contributed by atoms with E-state index in [-0.39, 0.29) is 55.3 Å². The van der Waals surface area contributed by atoms with Crippen LogP contribution < -0.4 is 10.6 Å². The standard InChI is InChI=1S/C22H19F2N3O4/c23-15-4-3-12(17(24)10-15)7-8-25-20(29)13-1-2-14-11-27(22(31)16(14)9-13)18-5-6-19(28)26-21(18)30/h1-4,9-10,18H,5-8,11H2,(H,25,29)(H,26,28,30). The van der Waals surface area contributed by atoms with Crippen molar-refractivity contribution >= 4 is 23.6 Å². The minimum Gasteiger partial charge on any atom is -0.352 e. The average molecular weight is 427 g/mol. The molecule has 1 unspecified atom stereocenters.